The van der Waals surface area contributed by atoms with E-state index in [0.717, 1.165) is 13.0 Å². The Morgan fingerprint density at radius 2 is 1.39 bits per heavy atom. The maximum atomic E-state index is 12.5. The van der Waals surface area contributed by atoms with E-state index in [1.807, 2.05) is 39.0 Å². The number of nitrogens with zero attached hydrogens (tertiary/aromatic N) is 2. The van der Waals surface area contributed by atoms with E-state index in [-0.39, 0.29) is 81.8 Å². The van der Waals surface area contributed by atoms with E-state index in [1.165, 1.54) is 12.5 Å². The Hall–Kier alpha value is -3.17. The summed E-state index contributed by atoms with van der Waals surface area (Å²) in [5.74, 6) is 0.218. The van der Waals surface area contributed by atoms with Crippen LogP contribution in [0.15, 0.2) is 30.3 Å². The molecule has 0 saturated heterocycles. The van der Waals surface area contributed by atoms with Crippen molar-refractivity contribution in [3.8, 4) is 0 Å². The monoisotopic (exact) mass is 845 g/mol. The summed E-state index contributed by atoms with van der Waals surface area (Å²) in [7, 11) is 0. The number of amides is 8. The van der Waals surface area contributed by atoms with Gasteiger partial charge in [-0.1, -0.05) is 56.7 Å². The second-order valence-corrected chi connectivity index (χ2v) is 12.2. The van der Waals surface area contributed by atoms with Crippen molar-refractivity contribution in [1.82, 2.24) is 42.3 Å². The smallest absolute Gasteiger partial charge is 0.315 e. The van der Waals surface area contributed by atoms with E-state index in [9.17, 15) is 19.2 Å². The minimum Gasteiger partial charge on any atom is -0.511 e. The van der Waals surface area contributed by atoms with Crippen LogP contribution in [0.2, 0.25) is 0 Å². The van der Waals surface area contributed by atoms with Crippen molar-refractivity contribution >= 4 is 30.4 Å². The number of benzene rings is 1. The van der Waals surface area contributed by atoms with Crippen molar-refractivity contribution in [2.75, 3.05) is 65.4 Å². The van der Waals surface area contributed by atoms with Crippen molar-refractivity contribution in [2.24, 2.45) is 28.9 Å². The minimum atomic E-state index is -0.573. The Balaban J connectivity index is -0.000000753. The van der Waals surface area contributed by atoms with Gasteiger partial charge in [-0.05, 0) is 52.6 Å². The van der Waals surface area contributed by atoms with Crippen LogP contribution in [0.4, 0.5) is 14.4 Å². The molecule has 2 atom stereocenters. The van der Waals surface area contributed by atoms with Crippen molar-refractivity contribution in [2.45, 2.75) is 79.4 Å². The quantitative estimate of drug-likeness (QED) is 0.0425. The number of hydrogen-bond acceptors (Lipinski definition) is 10. The molecular formula is C34H70N13O6Y-. The van der Waals surface area contributed by atoms with E-state index in [4.69, 9.17) is 26.9 Å². The van der Waals surface area contributed by atoms with Crippen molar-refractivity contribution in [3.05, 3.63) is 41.4 Å². The molecule has 0 aliphatic heterocycles. The topological polar surface area (TPSA) is 300 Å². The van der Waals surface area contributed by atoms with Gasteiger partial charge in [0, 0.05) is 104 Å². The zero-order valence-corrected chi connectivity index (χ0v) is 36.3. The second-order valence-electron chi connectivity index (χ2n) is 12.2. The molecule has 1 radical (unpaired) electrons. The maximum Gasteiger partial charge on any atom is 0.315 e. The van der Waals surface area contributed by atoms with Crippen molar-refractivity contribution in [1.29, 1.82) is 0 Å². The number of aryl methyl sites for hydroxylation is 1. The van der Waals surface area contributed by atoms with E-state index < -0.39 is 6.03 Å². The van der Waals surface area contributed by atoms with Crippen LogP contribution in [0.25, 0.3) is 5.48 Å². The summed E-state index contributed by atoms with van der Waals surface area (Å²) < 4.78 is 0. The van der Waals surface area contributed by atoms with Crippen molar-refractivity contribution in [3.63, 3.8) is 0 Å². The first-order chi connectivity index (χ1) is 25.2. The standard InChI is InChI=1S/C24H52N11O5.C7H8.C2H7N.CH3NO.Y/c1-17(2)14-21(15-27-8-9-29-22(26)37)34-24(39)31-12-13-35(18(3)4)40-32-16-20(6-7-25)33-23(38)30-11-10-28-19(5)36;1-7-5-3-2-4-6-7;1-2-3;2-1-3;/h17-18,20-21,27H,6-16,25H2,1-5H3,(H,28,36)(H3,26,29,37)(H2,30,33,38)(H2,31,34,39);2-6H,1H3;2-3H2,1H3;1H,(H2,2,3);/q-1;;;;. The molecule has 0 aliphatic carbocycles. The van der Waals surface area contributed by atoms with Gasteiger partial charge in [0.25, 0.3) is 0 Å². The molecule has 20 heteroatoms. The Morgan fingerprint density at radius 1 is 0.870 bits per heavy atom. The van der Waals surface area contributed by atoms with Gasteiger partial charge in [-0.25, -0.2) is 19.4 Å². The Bertz CT molecular complexity index is 1060. The number of carbonyl (C=O) groups excluding carboxylic acids is 5. The molecule has 0 aromatic heterocycles. The Kier molecular flexibility index (Phi) is 43.7. The maximum absolute atomic E-state index is 12.5. The first-order valence-electron chi connectivity index (χ1n) is 17.9. The SMILES string of the molecule is CC(=O)NCCNC(=O)NC(CCN)C[N-]ON(CCNC(=O)NC(CNCCNC(N)=O)CC(C)C)C(C)C.CCN.Cc1ccccc1.NC=O.[Y]. The molecule has 1 aromatic rings. The molecule has 0 aliphatic rings. The van der Waals surface area contributed by atoms with Crippen LogP contribution >= 0.6 is 0 Å². The predicted molar refractivity (Wildman–Crippen MR) is 210 cm³/mol. The average Bonchev–Trinajstić information content (AvgIpc) is 3.06. The molecule has 15 N–H and O–H groups in total. The number of nitrogens with one attached hydrogen (secondary N) is 7. The first-order valence-corrected chi connectivity index (χ1v) is 17.9. The van der Waals surface area contributed by atoms with Crippen LogP contribution in [-0.4, -0.2) is 119 Å². The van der Waals surface area contributed by atoms with Gasteiger partial charge in [-0.3, -0.25) is 9.59 Å². The summed E-state index contributed by atoms with van der Waals surface area (Å²) in [5, 5.41) is 21.2. The third kappa shape index (κ3) is 43.2. The molecule has 0 saturated carbocycles. The van der Waals surface area contributed by atoms with Crippen LogP contribution in [0.5, 0.6) is 0 Å². The van der Waals surface area contributed by atoms with Gasteiger partial charge < -0.3 is 70.6 Å². The summed E-state index contributed by atoms with van der Waals surface area (Å²) >= 11 is 0. The number of nitrogens with two attached hydrogens (primary N) is 4. The summed E-state index contributed by atoms with van der Waals surface area (Å²) in [6, 6.07) is 8.58. The van der Waals surface area contributed by atoms with Gasteiger partial charge in [0.05, 0.1) is 0 Å². The van der Waals surface area contributed by atoms with Gasteiger partial charge in [0.2, 0.25) is 12.3 Å². The van der Waals surface area contributed by atoms with Crippen molar-refractivity contribution < 1.29 is 61.6 Å². The molecule has 1 aromatic carbocycles. The fourth-order valence-corrected chi connectivity index (χ4v) is 4.02. The predicted octanol–water partition coefficient (Wildman–Crippen LogP) is 0.101. The van der Waals surface area contributed by atoms with Gasteiger partial charge in [0.1, 0.15) is 0 Å². The molecule has 54 heavy (non-hydrogen) atoms. The molecule has 8 amide bonds. The van der Waals surface area contributed by atoms with Gasteiger partial charge >= 0.3 is 18.1 Å². The normalized spacial score (nSPS) is 11.0. The fraction of sp³-hybridized carbons (Fsp3) is 0.676. The molecule has 2 unspecified atom stereocenters. The first kappa shape index (κ1) is 57.6. The Labute approximate surface area is 347 Å². The average molecular weight is 846 g/mol. The molecule has 311 valence electrons. The number of rotatable bonds is 22. The third-order valence-electron chi connectivity index (χ3n) is 6.31. The molecular weight excluding hydrogens is 775 g/mol. The van der Waals surface area contributed by atoms with Crippen LogP contribution in [0.3, 0.4) is 0 Å². The van der Waals surface area contributed by atoms with Gasteiger partial charge in [-0.15, -0.1) is 6.54 Å². The van der Waals surface area contributed by atoms with E-state index in [0.29, 0.717) is 64.7 Å². The number of hydrogen-bond donors (Lipinski definition) is 11. The van der Waals surface area contributed by atoms with Gasteiger partial charge in [0.15, 0.2) is 0 Å². The number of urea groups is 3. The molecule has 0 fully saturated rings. The number of carbonyl (C=O) groups is 5. The van der Waals surface area contributed by atoms with Crippen LogP contribution in [-0.2, 0) is 47.2 Å². The largest absolute Gasteiger partial charge is 0.511 e. The number of hydroxylamine groups is 3. The van der Waals surface area contributed by atoms with Gasteiger partial charge in [-0.2, -0.15) is 0 Å². The van der Waals surface area contributed by atoms with Crippen LogP contribution < -0.4 is 60.2 Å². The molecule has 0 bridgehead atoms. The van der Waals surface area contributed by atoms with E-state index >= 15 is 0 Å². The zero-order chi connectivity index (χ0) is 40.9. The minimum absolute atomic E-state index is 0. The summed E-state index contributed by atoms with van der Waals surface area (Å²) in [4.78, 5) is 60.4. The zero-order valence-electron chi connectivity index (χ0n) is 33.5. The fourth-order valence-electron chi connectivity index (χ4n) is 4.02. The summed E-state index contributed by atoms with van der Waals surface area (Å²) in [5.41, 5.74) is 25.2. The third-order valence-corrected chi connectivity index (χ3v) is 6.31. The van der Waals surface area contributed by atoms with Crippen LogP contribution in [0.1, 0.15) is 59.9 Å². The molecule has 19 nitrogen and oxygen atoms in total. The summed E-state index contributed by atoms with van der Waals surface area (Å²) in [6.45, 7) is 17.6. The number of primary amides is 2. The van der Waals surface area contributed by atoms with E-state index in [1.54, 1.807) is 5.06 Å². The van der Waals surface area contributed by atoms with Crippen LogP contribution in [0, 0.1) is 12.8 Å². The summed E-state index contributed by atoms with van der Waals surface area (Å²) in [6.07, 6.45) is 1.54. The molecule has 0 heterocycles. The molecule has 0 spiro atoms. The van der Waals surface area contributed by atoms with E-state index in [2.05, 4.69) is 81.3 Å². The second kappa shape index (κ2) is 41.0. The molecule has 1 rings (SSSR count). The Morgan fingerprint density at radius 3 is 1.85 bits per heavy atom.